The van der Waals surface area contributed by atoms with Gasteiger partial charge in [-0.3, -0.25) is 0 Å². The second-order valence-corrected chi connectivity index (χ2v) is 5.58. The minimum atomic E-state index is 0.387. The van der Waals surface area contributed by atoms with Crippen LogP contribution in [-0.2, 0) is 6.54 Å². The number of hydrogen-bond donors (Lipinski definition) is 2. The van der Waals surface area contributed by atoms with E-state index in [1.807, 2.05) is 12.1 Å². The molecule has 0 bridgehead atoms. The van der Waals surface area contributed by atoms with Crippen LogP contribution in [0.25, 0.3) is 0 Å². The Morgan fingerprint density at radius 3 is 2.60 bits per heavy atom. The predicted octanol–water partition coefficient (Wildman–Crippen LogP) is 3.30. The minimum absolute atomic E-state index is 0.387. The van der Waals surface area contributed by atoms with Gasteiger partial charge in [-0.15, -0.1) is 0 Å². The average molecular weight is 278 g/mol. The SMILES string of the molecule is CCN(CC)CCCC(C)NCc1cc(C)ccc1O. The van der Waals surface area contributed by atoms with Crippen molar-refractivity contribution in [2.75, 3.05) is 19.6 Å². The molecule has 0 heterocycles. The lowest BCUT2D eigenvalue weighted by Crippen LogP contribution is -2.28. The van der Waals surface area contributed by atoms with Crippen LogP contribution in [0.15, 0.2) is 18.2 Å². The number of phenols is 1. The van der Waals surface area contributed by atoms with Gasteiger partial charge in [-0.05, 0) is 52.4 Å². The first kappa shape index (κ1) is 17.0. The highest BCUT2D eigenvalue weighted by molar-refractivity contribution is 5.35. The van der Waals surface area contributed by atoms with Gasteiger partial charge in [0.1, 0.15) is 5.75 Å². The summed E-state index contributed by atoms with van der Waals surface area (Å²) in [7, 11) is 0. The van der Waals surface area contributed by atoms with E-state index in [1.54, 1.807) is 6.07 Å². The van der Waals surface area contributed by atoms with Crippen molar-refractivity contribution in [3.8, 4) is 5.75 Å². The molecular formula is C17H30N2O. The van der Waals surface area contributed by atoms with Crippen LogP contribution < -0.4 is 5.32 Å². The molecule has 0 aromatic heterocycles. The van der Waals surface area contributed by atoms with E-state index in [0.717, 1.165) is 25.2 Å². The Morgan fingerprint density at radius 1 is 1.25 bits per heavy atom. The quantitative estimate of drug-likeness (QED) is 0.727. The van der Waals surface area contributed by atoms with Crippen molar-refractivity contribution in [1.29, 1.82) is 0 Å². The molecule has 3 nitrogen and oxygen atoms in total. The third-order valence-corrected chi connectivity index (χ3v) is 3.88. The van der Waals surface area contributed by atoms with Crippen molar-refractivity contribution in [2.24, 2.45) is 0 Å². The van der Waals surface area contributed by atoms with E-state index in [4.69, 9.17) is 0 Å². The first-order valence-corrected chi connectivity index (χ1v) is 7.81. The van der Waals surface area contributed by atoms with Gasteiger partial charge in [0.05, 0.1) is 0 Å². The smallest absolute Gasteiger partial charge is 0.120 e. The first-order valence-electron chi connectivity index (χ1n) is 7.81. The molecule has 0 saturated heterocycles. The molecular weight excluding hydrogens is 248 g/mol. The summed E-state index contributed by atoms with van der Waals surface area (Å²) in [5, 5.41) is 13.3. The fourth-order valence-electron chi connectivity index (χ4n) is 2.40. The van der Waals surface area contributed by atoms with E-state index < -0.39 is 0 Å². The molecule has 1 aromatic carbocycles. The van der Waals surface area contributed by atoms with Crippen LogP contribution in [0.2, 0.25) is 0 Å². The zero-order valence-electron chi connectivity index (χ0n) is 13.4. The van der Waals surface area contributed by atoms with Crippen LogP contribution in [0.4, 0.5) is 0 Å². The molecule has 0 aliphatic heterocycles. The summed E-state index contributed by atoms with van der Waals surface area (Å²) in [5.74, 6) is 0.387. The molecule has 2 N–H and O–H groups in total. The number of hydrogen-bond acceptors (Lipinski definition) is 3. The summed E-state index contributed by atoms with van der Waals surface area (Å²) in [6.07, 6.45) is 2.39. The topological polar surface area (TPSA) is 35.5 Å². The molecule has 0 aliphatic carbocycles. The summed E-state index contributed by atoms with van der Waals surface area (Å²) >= 11 is 0. The van der Waals surface area contributed by atoms with Gasteiger partial charge >= 0.3 is 0 Å². The van der Waals surface area contributed by atoms with Gasteiger partial charge < -0.3 is 15.3 Å². The minimum Gasteiger partial charge on any atom is -0.508 e. The molecule has 20 heavy (non-hydrogen) atoms. The molecule has 0 spiro atoms. The zero-order valence-corrected chi connectivity index (χ0v) is 13.4. The third-order valence-electron chi connectivity index (χ3n) is 3.88. The van der Waals surface area contributed by atoms with Gasteiger partial charge in [-0.25, -0.2) is 0 Å². The number of benzene rings is 1. The number of aryl methyl sites for hydroxylation is 1. The molecule has 3 heteroatoms. The van der Waals surface area contributed by atoms with Gasteiger partial charge in [0, 0.05) is 18.2 Å². The maximum Gasteiger partial charge on any atom is 0.120 e. The number of nitrogens with zero attached hydrogens (tertiary/aromatic N) is 1. The maximum absolute atomic E-state index is 9.81. The average Bonchev–Trinajstić information content (AvgIpc) is 2.44. The van der Waals surface area contributed by atoms with Crippen molar-refractivity contribution < 1.29 is 5.11 Å². The standard InChI is InChI=1S/C17H30N2O/c1-5-19(6-2)11-7-8-15(4)18-13-16-12-14(3)9-10-17(16)20/h9-10,12,15,18,20H,5-8,11,13H2,1-4H3. The summed E-state index contributed by atoms with van der Waals surface area (Å²) in [4.78, 5) is 2.46. The Kier molecular flexibility index (Phi) is 7.63. The highest BCUT2D eigenvalue weighted by Crippen LogP contribution is 2.18. The van der Waals surface area contributed by atoms with E-state index in [9.17, 15) is 5.11 Å². The summed E-state index contributed by atoms with van der Waals surface area (Å²) in [6.45, 7) is 12.9. The first-order chi connectivity index (χ1) is 9.56. The van der Waals surface area contributed by atoms with E-state index >= 15 is 0 Å². The maximum atomic E-state index is 9.81. The second-order valence-electron chi connectivity index (χ2n) is 5.58. The fraction of sp³-hybridized carbons (Fsp3) is 0.647. The monoisotopic (exact) mass is 278 g/mol. The van der Waals surface area contributed by atoms with Crippen LogP contribution in [-0.4, -0.2) is 35.7 Å². The van der Waals surface area contributed by atoms with E-state index in [2.05, 4.69) is 37.9 Å². The lowest BCUT2D eigenvalue weighted by molar-refractivity contribution is 0.290. The highest BCUT2D eigenvalue weighted by atomic mass is 16.3. The second kappa shape index (κ2) is 8.98. The molecule has 0 aliphatic rings. The van der Waals surface area contributed by atoms with Crippen molar-refractivity contribution in [2.45, 2.75) is 53.1 Å². The van der Waals surface area contributed by atoms with Crippen molar-refractivity contribution in [1.82, 2.24) is 10.2 Å². The van der Waals surface area contributed by atoms with Crippen molar-refractivity contribution >= 4 is 0 Å². The van der Waals surface area contributed by atoms with E-state index in [-0.39, 0.29) is 0 Å². The van der Waals surface area contributed by atoms with Gasteiger partial charge in [-0.1, -0.05) is 31.5 Å². The molecule has 114 valence electrons. The lowest BCUT2D eigenvalue weighted by atomic mass is 10.1. The predicted molar refractivity (Wildman–Crippen MR) is 86.2 cm³/mol. The van der Waals surface area contributed by atoms with Gasteiger partial charge in [0.15, 0.2) is 0 Å². The van der Waals surface area contributed by atoms with Crippen LogP contribution >= 0.6 is 0 Å². The molecule has 1 rings (SSSR count). The van der Waals surface area contributed by atoms with Crippen molar-refractivity contribution in [3.05, 3.63) is 29.3 Å². The Bertz CT molecular complexity index is 389. The number of nitrogens with one attached hydrogen (secondary N) is 1. The lowest BCUT2D eigenvalue weighted by Gasteiger charge is -2.20. The Hall–Kier alpha value is -1.06. The van der Waals surface area contributed by atoms with Gasteiger partial charge in [-0.2, -0.15) is 0 Å². The third kappa shape index (κ3) is 5.93. The molecule has 0 saturated carbocycles. The fourth-order valence-corrected chi connectivity index (χ4v) is 2.40. The number of aromatic hydroxyl groups is 1. The van der Waals surface area contributed by atoms with Crippen molar-refractivity contribution in [3.63, 3.8) is 0 Å². The van der Waals surface area contributed by atoms with Crippen LogP contribution in [0.3, 0.4) is 0 Å². The molecule has 0 fully saturated rings. The molecule has 0 radical (unpaired) electrons. The number of rotatable bonds is 9. The van der Waals surface area contributed by atoms with Gasteiger partial charge in [0.2, 0.25) is 0 Å². The molecule has 0 amide bonds. The van der Waals surface area contributed by atoms with Crippen LogP contribution in [0.1, 0.15) is 44.7 Å². The molecule has 1 atom stereocenters. The molecule has 1 unspecified atom stereocenters. The van der Waals surface area contributed by atoms with Crippen LogP contribution in [0.5, 0.6) is 5.75 Å². The van der Waals surface area contributed by atoms with E-state index in [0.29, 0.717) is 11.8 Å². The van der Waals surface area contributed by atoms with Gasteiger partial charge in [0.25, 0.3) is 0 Å². The Labute approximate surface area is 124 Å². The van der Waals surface area contributed by atoms with Crippen LogP contribution in [0, 0.1) is 6.92 Å². The zero-order chi connectivity index (χ0) is 15.0. The number of phenolic OH excluding ortho intramolecular Hbond substituents is 1. The molecule has 1 aromatic rings. The van der Waals surface area contributed by atoms with E-state index in [1.165, 1.54) is 24.9 Å². The largest absolute Gasteiger partial charge is 0.508 e. The summed E-state index contributed by atoms with van der Waals surface area (Å²) in [5.41, 5.74) is 2.18. The Morgan fingerprint density at radius 2 is 1.95 bits per heavy atom. The normalized spacial score (nSPS) is 12.8. The summed E-state index contributed by atoms with van der Waals surface area (Å²) < 4.78 is 0. The highest BCUT2D eigenvalue weighted by Gasteiger charge is 2.06. The summed E-state index contributed by atoms with van der Waals surface area (Å²) in [6, 6.07) is 6.24. The Balaban J connectivity index is 2.29.